The van der Waals surface area contributed by atoms with Crippen molar-refractivity contribution in [2.45, 2.75) is 19.3 Å². The van der Waals surface area contributed by atoms with E-state index in [1.165, 1.54) is 0 Å². The number of fused-ring (bicyclic) bond motifs is 2. The number of esters is 1. The van der Waals surface area contributed by atoms with Crippen LogP contribution in [0.4, 0.5) is 5.69 Å². The van der Waals surface area contributed by atoms with Gasteiger partial charge in [-0.05, 0) is 66.8 Å². The van der Waals surface area contributed by atoms with Crippen LogP contribution in [0.3, 0.4) is 0 Å². The maximum absolute atomic E-state index is 13.2. The lowest BCUT2D eigenvalue weighted by Gasteiger charge is -2.22. The standard InChI is InChI=1S/C27H22N2O4/c30-24(28-19-9-2-1-3-10-19)17-33-27(31)25-21-12-4-5-14-23(21)29-26-18(8-6-13-22(25)26)16-20-11-7-15-32-20/h1-5,7,9-12,14-16H,6,8,13,17H2,(H,28,30)/b18-16-. The van der Waals surface area contributed by atoms with Crippen molar-refractivity contribution in [2.75, 3.05) is 11.9 Å². The van der Waals surface area contributed by atoms with Crippen LogP contribution in [0.25, 0.3) is 22.6 Å². The molecule has 5 rings (SSSR count). The molecular weight excluding hydrogens is 416 g/mol. The molecule has 2 aromatic carbocycles. The quantitative estimate of drug-likeness (QED) is 0.416. The van der Waals surface area contributed by atoms with E-state index in [0.717, 1.165) is 40.8 Å². The molecule has 33 heavy (non-hydrogen) atoms. The lowest BCUT2D eigenvalue weighted by atomic mass is 9.86. The largest absolute Gasteiger partial charge is 0.465 e. The van der Waals surface area contributed by atoms with Crippen molar-refractivity contribution in [1.82, 2.24) is 4.98 Å². The number of hydrogen-bond acceptors (Lipinski definition) is 5. The molecule has 0 aliphatic heterocycles. The van der Waals surface area contributed by atoms with Gasteiger partial charge in [-0.2, -0.15) is 0 Å². The molecule has 0 bridgehead atoms. The Morgan fingerprint density at radius 1 is 1.00 bits per heavy atom. The molecule has 6 heteroatoms. The molecule has 0 saturated carbocycles. The summed E-state index contributed by atoms with van der Waals surface area (Å²) < 4.78 is 11.0. The monoisotopic (exact) mass is 438 g/mol. The average Bonchev–Trinajstić information content (AvgIpc) is 3.35. The van der Waals surface area contributed by atoms with Gasteiger partial charge in [-0.1, -0.05) is 36.4 Å². The first-order valence-electron chi connectivity index (χ1n) is 10.9. The molecule has 2 heterocycles. The van der Waals surface area contributed by atoms with Crippen LogP contribution in [0.2, 0.25) is 0 Å². The fourth-order valence-electron chi connectivity index (χ4n) is 4.18. The van der Waals surface area contributed by atoms with Crippen LogP contribution in [0.1, 0.15) is 40.2 Å². The number of aromatic nitrogens is 1. The zero-order valence-corrected chi connectivity index (χ0v) is 17.9. The zero-order chi connectivity index (χ0) is 22.6. The van der Waals surface area contributed by atoms with E-state index in [9.17, 15) is 9.59 Å². The van der Waals surface area contributed by atoms with E-state index in [1.807, 2.05) is 60.7 Å². The minimum atomic E-state index is -0.521. The number of para-hydroxylation sites is 2. The second-order valence-corrected chi connectivity index (χ2v) is 7.86. The number of anilines is 1. The Morgan fingerprint density at radius 2 is 1.82 bits per heavy atom. The molecule has 1 aliphatic rings. The van der Waals surface area contributed by atoms with E-state index in [2.05, 4.69) is 5.32 Å². The van der Waals surface area contributed by atoms with Gasteiger partial charge in [0.1, 0.15) is 5.76 Å². The van der Waals surface area contributed by atoms with E-state index in [-0.39, 0.29) is 12.5 Å². The maximum atomic E-state index is 13.2. The lowest BCUT2D eigenvalue weighted by molar-refractivity contribution is -0.119. The number of hydrogen-bond donors (Lipinski definition) is 1. The van der Waals surface area contributed by atoms with Crippen LogP contribution in [0.15, 0.2) is 77.4 Å². The Hall–Kier alpha value is -4.19. The SMILES string of the molecule is O=C(COC(=O)c1c2c(nc3ccccc13)/C(=C\c1ccco1)CCC2)Nc1ccccc1. The van der Waals surface area contributed by atoms with Crippen molar-refractivity contribution in [1.29, 1.82) is 0 Å². The van der Waals surface area contributed by atoms with Gasteiger partial charge >= 0.3 is 5.97 Å². The van der Waals surface area contributed by atoms with Crippen molar-refractivity contribution in [3.63, 3.8) is 0 Å². The van der Waals surface area contributed by atoms with E-state index >= 15 is 0 Å². The second kappa shape index (κ2) is 9.12. The summed E-state index contributed by atoms with van der Waals surface area (Å²) in [5.74, 6) is -0.165. The highest BCUT2D eigenvalue weighted by molar-refractivity contribution is 6.07. The van der Waals surface area contributed by atoms with Crippen molar-refractivity contribution in [3.05, 3.63) is 95.6 Å². The van der Waals surface area contributed by atoms with E-state index < -0.39 is 5.97 Å². The predicted molar refractivity (Wildman–Crippen MR) is 127 cm³/mol. The van der Waals surface area contributed by atoms with Gasteiger partial charge in [-0.25, -0.2) is 9.78 Å². The molecule has 0 atom stereocenters. The Bertz CT molecular complexity index is 1340. The molecule has 6 nitrogen and oxygen atoms in total. The van der Waals surface area contributed by atoms with Gasteiger partial charge in [0.15, 0.2) is 6.61 Å². The third-order valence-electron chi connectivity index (χ3n) is 5.63. The highest BCUT2D eigenvalue weighted by Gasteiger charge is 2.26. The maximum Gasteiger partial charge on any atom is 0.339 e. The minimum absolute atomic E-state index is 0.367. The van der Waals surface area contributed by atoms with Gasteiger partial charge in [0.25, 0.3) is 5.91 Å². The summed E-state index contributed by atoms with van der Waals surface area (Å²) in [6.07, 6.45) is 6.04. The predicted octanol–water partition coefficient (Wildman–Crippen LogP) is 5.50. The molecule has 1 aliphatic carbocycles. The lowest BCUT2D eigenvalue weighted by Crippen LogP contribution is -2.22. The number of rotatable bonds is 5. The third kappa shape index (κ3) is 4.41. The van der Waals surface area contributed by atoms with Gasteiger partial charge in [0.05, 0.1) is 23.0 Å². The highest BCUT2D eigenvalue weighted by Crippen LogP contribution is 2.36. The number of ether oxygens (including phenoxy) is 1. The van der Waals surface area contributed by atoms with E-state index in [1.54, 1.807) is 18.4 Å². The summed E-state index contributed by atoms with van der Waals surface area (Å²) in [5.41, 5.74) is 4.51. The van der Waals surface area contributed by atoms with Crippen LogP contribution in [0.5, 0.6) is 0 Å². The average molecular weight is 438 g/mol. The number of pyridine rings is 1. The van der Waals surface area contributed by atoms with E-state index in [4.69, 9.17) is 14.1 Å². The van der Waals surface area contributed by atoms with Crippen molar-refractivity contribution in [2.24, 2.45) is 0 Å². The first-order chi connectivity index (χ1) is 16.2. The molecule has 0 radical (unpaired) electrons. The van der Waals surface area contributed by atoms with Gasteiger partial charge in [-0.3, -0.25) is 4.79 Å². The Kier molecular flexibility index (Phi) is 5.72. The number of amides is 1. The minimum Gasteiger partial charge on any atom is -0.465 e. The molecule has 0 fully saturated rings. The molecule has 1 amide bonds. The number of carbonyl (C=O) groups is 2. The molecule has 0 spiro atoms. The van der Waals surface area contributed by atoms with Crippen molar-refractivity contribution in [3.8, 4) is 0 Å². The summed E-state index contributed by atoms with van der Waals surface area (Å²) in [7, 11) is 0. The Balaban J connectivity index is 1.47. The molecule has 4 aromatic rings. The molecule has 0 saturated heterocycles. The number of furan rings is 1. The third-order valence-corrected chi connectivity index (χ3v) is 5.63. The zero-order valence-electron chi connectivity index (χ0n) is 17.9. The number of nitrogens with zero attached hydrogens (tertiary/aromatic N) is 1. The summed E-state index contributed by atoms with van der Waals surface area (Å²) in [4.78, 5) is 30.4. The molecular formula is C27H22N2O4. The first-order valence-corrected chi connectivity index (χ1v) is 10.9. The summed E-state index contributed by atoms with van der Waals surface area (Å²) in [6, 6.07) is 20.3. The fraction of sp³-hybridized carbons (Fsp3) is 0.148. The van der Waals surface area contributed by atoms with Crippen LogP contribution < -0.4 is 5.32 Å². The molecule has 1 N–H and O–H groups in total. The fourth-order valence-corrected chi connectivity index (χ4v) is 4.18. The number of carbonyl (C=O) groups excluding carboxylic acids is 2. The smallest absolute Gasteiger partial charge is 0.339 e. The summed E-state index contributed by atoms with van der Waals surface area (Å²) in [6.45, 7) is -0.367. The van der Waals surface area contributed by atoms with Crippen LogP contribution in [-0.2, 0) is 16.0 Å². The van der Waals surface area contributed by atoms with Crippen LogP contribution in [-0.4, -0.2) is 23.5 Å². The second-order valence-electron chi connectivity index (χ2n) is 7.86. The van der Waals surface area contributed by atoms with Gasteiger partial charge in [-0.15, -0.1) is 0 Å². The Morgan fingerprint density at radius 3 is 2.64 bits per heavy atom. The van der Waals surface area contributed by atoms with E-state index in [0.29, 0.717) is 23.2 Å². The molecule has 164 valence electrons. The topological polar surface area (TPSA) is 81.4 Å². The summed E-state index contributed by atoms with van der Waals surface area (Å²) in [5, 5.41) is 3.46. The normalized spacial score (nSPS) is 14.1. The van der Waals surface area contributed by atoms with Crippen LogP contribution in [0, 0.1) is 0 Å². The number of nitrogens with one attached hydrogen (secondary N) is 1. The first kappa shape index (κ1) is 20.7. The highest BCUT2D eigenvalue weighted by atomic mass is 16.5. The molecule has 0 unspecified atom stereocenters. The number of allylic oxidation sites excluding steroid dienone is 1. The summed E-state index contributed by atoms with van der Waals surface area (Å²) >= 11 is 0. The van der Waals surface area contributed by atoms with Gasteiger partial charge in [0.2, 0.25) is 0 Å². The number of benzene rings is 2. The van der Waals surface area contributed by atoms with Crippen LogP contribution >= 0.6 is 0 Å². The van der Waals surface area contributed by atoms with Gasteiger partial charge < -0.3 is 14.5 Å². The van der Waals surface area contributed by atoms with Crippen molar-refractivity contribution >= 4 is 40.1 Å². The Labute approximate surface area is 190 Å². The van der Waals surface area contributed by atoms with Crippen molar-refractivity contribution < 1.29 is 18.7 Å². The molecule has 2 aromatic heterocycles. The van der Waals surface area contributed by atoms with Gasteiger partial charge in [0, 0.05) is 11.1 Å².